The van der Waals surface area contributed by atoms with E-state index in [1.54, 1.807) is 6.07 Å². The first-order valence-corrected chi connectivity index (χ1v) is 4.90. The van der Waals surface area contributed by atoms with Gasteiger partial charge in [0, 0.05) is 19.1 Å². The summed E-state index contributed by atoms with van der Waals surface area (Å²) in [6, 6.07) is -0.186. The molecule has 0 aliphatic rings. The van der Waals surface area contributed by atoms with Crippen LogP contribution < -0.4 is 10.6 Å². The average molecular weight is 243 g/mol. The Morgan fingerprint density at radius 2 is 2.29 bits per heavy atom. The van der Waals surface area contributed by atoms with Crippen molar-refractivity contribution in [3.63, 3.8) is 0 Å². The van der Waals surface area contributed by atoms with Crippen LogP contribution in [0.2, 0.25) is 0 Å². The molecule has 8 nitrogen and oxygen atoms in total. The molecule has 17 heavy (non-hydrogen) atoms. The highest BCUT2D eigenvalue weighted by Gasteiger charge is 2.18. The summed E-state index contributed by atoms with van der Waals surface area (Å²) in [7, 11) is 0. The zero-order valence-electron chi connectivity index (χ0n) is 8.92. The standard InChI is InChI=1S/C9H13N3O5/c13-3-1-7(8(14)15)11-9(16)10-5-6-2-4-17-12-6/h2,4,7,13H,1,3,5H2,(H,14,15)(H2,10,11,16)/t7-/m1/s1. The van der Waals surface area contributed by atoms with E-state index in [1.807, 2.05) is 0 Å². The number of aliphatic hydroxyl groups excluding tert-OH is 1. The number of aliphatic carboxylic acids is 1. The van der Waals surface area contributed by atoms with Gasteiger partial charge in [0.15, 0.2) is 0 Å². The fourth-order valence-electron chi connectivity index (χ4n) is 1.10. The van der Waals surface area contributed by atoms with Crippen LogP contribution in [0.15, 0.2) is 16.9 Å². The van der Waals surface area contributed by atoms with Gasteiger partial charge >= 0.3 is 12.0 Å². The monoisotopic (exact) mass is 243 g/mol. The number of urea groups is 1. The third kappa shape index (κ3) is 4.51. The zero-order chi connectivity index (χ0) is 12.7. The van der Waals surface area contributed by atoms with E-state index in [4.69, 9.17) is 10.2 Å². The van der Waals surface area contributed by atoms with E-state index in [9.17, 15) is 9.59 Å². The lowest BCUT2D eigenvalue weighted by molar-refractivity contribution is -0.139. The predicted octanol–water partition coefficient (Wildman–Crippen LogP) is -0.691. The molecule has 0 bridgehead atoms. The van der Waals surface area contributed by atoms with Gasteiger partial charge in [0.2, 0.25) is 0 Å². The van der Waals surface area contributed by atoms with Crippen LogP contribution in [0, 0.1) is 0 Å². The summed E-state index contributed by atoms with van der Waals surface area (Å²) >= 11 is 0. The number of carboxylic acids is 1. The van der Waals surface area contributed by atoms with Crippen molar-refractivity contribution in [1.29, 1.82) is 0 Å². The van der Waals surface area contributed by atoms with E-state index >= 15 is 0 Å². The van der Waals surface area contributed by atoms with Crippen LogP contribution in [-0.4, -0.2) is 40.0 Å². The minimum Gasteiger partial charge on any atom is -0.480 e. The summed E-state index contributed by atoms with van der Waals surface area (Å²) in [4.78, 5) is 22.0. The van der Waals surface area contributed by atoms with Gasteiger partial charge in [-0.25, -0.2) is 9.59 Å². The van der Waals surface area contributed by atoms with E-state index in [0.717, 1.165) is 0 Å². The zero-order valence-corrected chi connectivity index (χ0v) is 8.92. The Balaban J connectivity index is 2.34. The summed E-state index contributed by atoms with van der Waals surface area (Å²) in [5.41, 5.74) is 0.522. The van der Waals surface area contributed by atoms with Crippen molar-refractivity contribution >= 4 is 12.0 Å². The van der Waals surface area contributed by atoms with Crippen molar-refractivity contribution in [2.45, 2.75) is 19.0 Å². The van der Waals surface area contributed by atoms with Crippen molar-refractivity contribution in [2.75, 3.05) is 6.61 Å². The number of carbonyl (C=O) groups is 2. The average Bonchev–Trinajstić information content (AvgIpc) is 2.78. The summed E-state index contributed by atoms with van der Waals surface area (Å²) in [5, 5.41) is 25.5. The Hall–Kier alpha value is -2.09. The number of nitrogens with one attached hydrogen (secondary N) is 2. The van der Waals surface area contributed by atoms with Crippen LogP contribution in [0.25, 0.3) is 0 Å². The largest absolute Gasteiger partial charge is 0.480 e. The van der Waals surface area contributed by atoms with Crippen LogP contribution in [0.1, 0.15) is 12.1 Å². The number of hydrogen-bond acceptors (Lipinski definition) is 5. The minimum absolute atomic E-state index is 0.0489. The molecule has 1 heterocycles. The maximum atomic E-state index is 11.3. The van der Waals surface area contributed by atoms with Crippen LogP contribution >= 0.6 is 0 Å². The van der Waals surface area contributed by atoms with Gasteiger partial charge in [-0.2, -0.15) is 0 Å². The van der Waals surface area contributed by atoms with Crippen molar-refractivity contribution in [3.8, 4) is 0 Å². The van der Waals surface area contributed by atoms with Gasteiger partial charge in [0.25, 0.3) is 0 Å². The Bertz CT molecular complexity index is 365. The number of carbonyl (C=O) groups excluding carboxylic acids is 1. The summed E-state index contributed by atoms with van der Waals surface area (Å²) in [5.74, 6) is -1.20. The maximum absolute atomic E-state index is 11.3. The van der Waals surface area contributed by atoms with E-state index in [1.165, 1.54) is 6.26 Å². The molecule has 0 radical (unpaired) electrons. The molecule has 0 saturated heterocycles. The number of aromatic nitrogens is 1. The Morgan fingerprint density at radius 3 is 2.82 bits per heavy atom. The number of amides is 2. The molecule has 0 aromatic carbocycles. The van der Waals surface area contributed by atoms with Crippen LogP contribution in [0.4, 0.5) is 4.79 Å². The normalized spacial score (nSPS) is 11.8. The minimum atomic E-state index is -1.20. The fraction of sp³-hybridized carbons (Fsp3) is 0.444. The van der Waals surface area contributed by atoms with E-state index in [-0.39, 0.29) is 19.6 Å². The smallest absolute Gasteiger partial charge is 0.326 e. The number of rotatable bonds is 6. The fourth-order valence-corrected chi connectivity index (χ4v) is 1.10. The Labute approximate surface area is 96.6 Å². The van der Waals surface area contributed by atoms with Crippen LogP contribution in [0.3, 0.4) is 0 Å². The number of nitrogens with zero attached hydrogens (tertiary/aromatic N) is 1. The molecule has 0 fully saturated rings. The highest BCUT2D eigenvalue weighted by atomic mass is 16.5. The lowest BCUT2D eigenvalue weighted by atomic mass is 10.2. The molecule has 8 heteroatoms. The van der Waals surface area contributed by atoms with Crippen molar-refractivity contribution in [1.82, 2.24) is 15.8 Å². The molecule has 1 aromatic rings. The first kappa shape index (κ1) is 13.0. The van der Waals surface area contributed by atoms with Crippen molar-refractivity contribution in [2.24, 2.45) is 0 Å². The SMILES string of the molecule is O=C(NCc1ccon1)N[C@H](CCO)C(=O)O. The van der Waals surface area contributed by atoms with Gasteiger partial charge in [-0.15, -0.1) is 0 Å². The van der Waals surface area contributed by atoms with Crippen LogP contribution in [-0.2, 0) is 11.3 Å². The number of carboxylic acid groups (broad SMARTS) is 1. The molecule has 0 saturated carbocycles. The lowest BCUT2D eigenvalue weighted by Gasteiger charge is -2.13. The molecule has 0 spiro atoms. The molecule has 94 valence electrons. The van der Waals surface area contributed by atoms with Gasteiger partial charge in [0.1, 0.15) is 18.0 Å². The number of hydrogen-bond donors (Lipinski definition) is 4. The summed E-state index contributed by atoms with van der Waals surface area (Å²) < 4.78 is 4.56. The predicted molar refractivity (Wildman–Crippen MR) is 55.0 cm³/mol. The third-order valence-corrected chi connectivity index (χ3v) is 1.94. The molecule has 2 amide bonds. The molecule has 1 rings (SSSR count). The quantitative estimate of drug-likeness (QED) is 0.524. The van der Waals surface area contributed by atoms with Gasteiger partial charge in [-0.05, 0) is 0 Å². The molecule has 0 unspecified atom stereocenters. The molecule has 0 aliphatic heterocycles. The van der Waals surface area contributed by atoms with Gasteiger partial charge < -0.3 is 25.4 Å². The van der Waals surface area contributed by atoms with Gasteiger partial charge in [0.05, 0.1) is 6.54 Å². The highest BCUT2D eigenvalue weighted by Crippen LogP contribution is 1.94. The van der Waals surface area contributed by atoms with Crippen molar-refractivity contribution < 1.29 is 24.3 Å². The molecule has 1 atom stereocenters. The highest BCUT2D eigenvalue weighted by molar-refractivity contribution is 5.82. The maximum Gasteiger partial charge on any atom is 0.326 e. The first-order chi connectivity index (χ1) is 8.13. The Morgan fingerprint density at radius 1 is 1.53 bits per heavy atom. The van der Waals surface area contributed by atoms with Gasteiger partial charge in [-0.3, -0.25) is 0 Å². The lowest BCUT2D eigenvalue weighted by Crippen LogP contribution is -2.46. The molecular formula is C9H13N3O5. The summed E-state index contributed by atoms with van der Waals surface area (Å²) in [6.07, 6.45) is 1.31. The van der Waals surface area contributed by atoms with Crippen LogP contribution in [0.5, 0.6) is 0 Å². The Kier molecular flexibility index (Phi) is 4.95. The summed E-state index contributed by atoms with van der Waals surface area (Å²) in [6.45, 7) is -0.186. The molecule has 4 N–H and O–H groups in total. The first-order valence-electron chi connectivity index (χ1n) is 4.90. The second-order valence-corrected chi connectivity index (χ2v) is 3.22. The van der Waals surface area contributed by atoms with Crippen molar-refractivity contribution in [3.05, 3.63) is 18.0 Å². The molecule has 1 aromatic heterocycles. The number of aliphatic hydroxyl groups is 1. The third-order valence-electron chi connectivity index (χ3n) is 1.94. The van der Waals surface area contributed by atoms with E-state index in [0.29, 0.717) is 5.69 Å². The van der Waals surface area contributed by atoms with E-state index < -0.39 is 18.0 Å². The van der Waals surface area contributed by atoms with E-state index in [2.05, 4.69) is 20.3 Å². The second kappa shape index (κ2) is 6.48. The molecule has 0 aliphatic carbocycles. The second-order valence-electron chi connectivity index (χ2n) is 3.22. The topological polar surface area (TPSA) is 125 Å². The molecular weight excluding hydrogens is 230 g/mol. The van der Waals surface area contributed by atoms with Gasteiger partial charge in [-0.1, -0.05) is 5.16 Å².